The molecule has 0 spiro atoms. The van der Waals surface area contributed by atoms with Crippen molar-refractivity contribution in [3.05, 3.63) is 76.8 Å². The summed E-state index contributed by atoms with van der Waals surface area (Å²) in [6, 6.07) is 17.9. The smallest absolute Gasteiger partial charge is 0.239 e. The molecule has 7 heteroatoms. The molecule has 1 unspecified atom stereocenters. The molecule has 156 valence electrons. The molecule has 1 atom stereocenters. The van der Waals surface area contributed by atoms with E-state index in [4.69, 9.17) is 11.6 Å². The van der Waals surface area contributed by atoms with Crippen molar-refractivity contribution in [2.75, 3.05) is 11.9 Å². The summed E-state index contributed by atoms with van der Waals surface area (Å²) in [5.41, 5.74) is 2.19. The van der Waals surface area contributed by atoms with Gasteiger partial charge in [-0.15, -0.1) is 10.2 Å². The third kappa shape index (κ3) is 5.39. The SMILES string of the molecule is O=C(CNc1ccc(Cl)cc1)NC1CCc2nnc(CCc3ccccc3)n2CC1. The largest absolute Gasteiger partial charge is 0.376 e. The molecule has 0 fully saturated rings. The second-order valence-corrected chi connectivity index (χ2v) is 8.06. The first kappa shape index (κ1) is 20.4. The van der Waals surface area contributed by atoms with Gasteiger partial charge >= 0.3 is 0 Å². The van der Waals surface area contributed by atoms with Gasteiger partial charge in [-0.3, -0.25) is 4.79 Å². The normalized spacial score (nSPS) is 15.8. The summed E-state index contributed by atoms with van der Waals surface area (Å²) in [6.07, 6.45) is 4.42. The van der Waals surface area contributed by atoms with Crippen LogP contribution in [0.1, 0.15) is 30.1 Å². The van der Waals surface area contributed by atoms with Crippen LogP contribution in [0.2, 0.25) is 5.02 Å². The average molecular weight is 424 g/mol. The van der Waals surface area contributed by atoms with Crippen LogP contribution in [0, 0.1) is 0 Å². The first-order chi connectivity index (χ1) is 14.7. The van der Waals surface area contributed by atoms with Gasteiger partial charge in [-0.05, 0) is 49.1 Å². The van der Waals surface area contributed by atoms with Crippen molar-refractivity contribution in [2.24, 2.45) is 0 Å². The van der Waals surface area contributed by atoms with E-state index in [1.165, 1.54) is 5.56 Å². The van der Waals surface area contributed by atoms with Crippen molar-refractivity contribution in [1.82, 2.24) is 20.1 Å². The fourth-order valence-electron chi connectivity index (χ4n) is 3.81. The van der Waals surface area contributed by atoms with Gasteiger partial charge in [-0.1, -0.05) is 41.9 Å². The highest BCUT2D eigenvalue weighted by atomic mass is 35.5. The molecule has 0 aliphatic carbocycles. The van der Waals surface area contributed by atoms with E-state index in [-0.39, 0.29) is 18.5 Å². The van der Waals surface area contributed by atoms with Crippen molar-refractivity contribution >= 4 is 23.2 Å². The van der Waals surface area contributed by atoms with Crippen LogP contribution >= 0.6 is 11.6 Å². The van der Waals surface area contributed by atoms with E-state index in [2.05, 4.69) is 49.7 Å². The minimum Gasteiger partial charge on any atom is -0.376 e. The van der Waals surface area contributed by atoms with Gasteiger partial charge in [-0.2, -0.15) is 0 Å². The van der Waals surface area contributed by atoms with Crippen LogP contribution in [0.4, 0.5) is 5.69 Å². The molecule has 2 aromatic carbocycles. The van der Waals surface area contributed by atoms with E-state index >= 15 is 0 Å². The Morgan fingerprint density at radius 1 is 1.03 bits per heavy atom. The molecule has 4 rings (SSSR count). The third-order valence-corrected chi connectivity index (χ3v) is 5.72. The predicted octanol–water partition coefficient (Wildman–Crippen LogP) is 3.65. The summed E-state index contributed by atoms with van der Waals surface area (Å²) in [7, 11) is 0. The number of benzene rings is 2. The van der Waals surface area contributed by atoms with E-state index in [1.54, 1.807) is 12.1 Å². The van der Waals surface area contributed by atoms with Crippen molar-refractivity contribution in [2.45, 2.75) is 44.7 Å². The molecular formula is C23H26ClN5O. The number of aromatic nitrogens is 3. The minimum absolute atomic E-state index is 0.00286. The monoisotopic (exact) mass is 423 g/mol. The Bertz CT molecular complexity index is 971. The lowest BCUT2D eigenvalue weighted by Crippen LogP contribution is -2.38. The Morgan fingerprint density at radius 2 is 1.83 bits per heavy atom. The summed E-state index contributed by atoms with van der Waals surface area (Å²) in [6.45, 7) is 1.08. The van der Waals surface area contributed by atoms with Crippen LogP contribution < -0.4 is 10.6 Å². The fraction of sp³-hybridized carbons (Fsp3) is 0.348. The van der Waals surface area contributed by atoms with Crippen LogP contribution in [0.3, 0.4) is 0 Å². The molecule has 1 aliphatic rings. The molecule has 2 N–H and O–H groups in total. The van der Waals surface area contributed by atoms with Gasteiger partial charge in [0.15, 0.2) is 0 Å². The first-order valence-electron chi connectivity index (χ1n) is 10.4. The Morgan fingerprint density at radius 3 is 2.63 bits per heavy atom. The summed E-state index contributed by atoms with van der Waals surface area (Å²) in [5, 5.41) is 15.8. The first-order valence-corrected chi connectivity index (χ1v) is 10.8. The Hall–Kier alpha value is -2.86. The molecule has 2 heterocycles. The summed E-state index contributed by atoms with van der Waals surface area (Å²) >= 11 is 5.89. The lowest BCUT2D eigenvalue weighted by molar-refractivity contribution is -0.120. The van der Waals surface area contributed by atoms with Gasteiger partial charge in [0.05, 0.1) is 6.54 Å². The maximum atomic E-state index is 12.4. The van der Waals surface area contributed by atoms with Crippen LogP contribution in [-0.4, -0.2) is 33.3 Å². The van der Waals surface area contributed by atoms with Crippen molar-refractivity contribution < 1.29 is 4.79 Å². The second-order valence-electron chi connectivity index (χ2n) is 7.62. The molecule has 6 nitrogen and oxygen atoms in total. The fourth-order valence-corrected chi connectivity index (χ4v) is 3.93. The van der Waals surface area contributed by atoms with Crippen molar-refractivity contribution in [3.8, 4) is 0 Å². The number of hydrogen-bond acceptors (Lipinski definition) is 4. The van der Waals surface area contributed by atoms with E-state index in [9.17, 15) is 4.79 Å². The van der Waals surface area contributed by atoms with Crippen LogP contribution in [0.25, 0.3) is 0 Å². The quantitative estimate of drug-likeness (QED) is 0.608. The Balaban J connectivity index is 1.27. The van der Waals surface area contributed by atoms with Gasteiger partial charge in [0.25, 0.3) is 0 Å². The molecule has 3 aromatic rings. The molecule has 1 amide bonds. The van der Waals surface area contributed by atoms with E-state index in [1.807, 2.05) is 18.2 Å². The minimum atomic E-state index is -0.00286. The number of carbonyl (C=O) groups excluding carboxylic acids is 1. The summed E-state index contributed by atoms with van der Waals surface area (Å²) in [5.74, 6) is 2.05. The Kier molecular flexibility index (Phi) is 6.64. The van der Waals surface area contributed by atoms with Gasteiger partial charge < -0.3 is 15.2 Å². The number of nitrogens with zero attached hydrogens (tertiary/aromatic N) is 3. The number of nitrogens with one attached hydrogen (secondary N) is 2. The lowest BCUT2D eigenvalue weighted by Gasteiger charge is -2.17. The molecule has 1 aromatic heterocycles. The maximum Gasteiger partial charge on any atom is 0.239 e. The average Bonchev–Trinajstić information content (AvgIpc) is 3.05. The molecule has 0 saturated heterocycles. The summed E-state index contributed by atoms with van der Waals surface area (Å²) < 4.78 is 2.24. The topological polar surface area (TPSA) is 71.8 Å². The van der Waals surface area contributed by atoms with E-state index in [0.717, 1.165) is 56.0 Å². The molecule has 30 heavy (non-hydrogen) atoms. The van der Waals surface area contributed by atoms with E-state index < -0.39 is 0 Å². The number of carbonyl (C=O) groups is 1. The Labute approximate surface area is 181 Å². The van der Waals surface area contributed by atoms with Crippen molar-refractivity contribution in [3.63, 3.8) is 0 Å². The molecule has 0 radical (unpaired) electrons. The van der Waals surface area contributed by atoms with Gasteiger partial charge in [0.1, 0.15) is 11.6 Å². The predicted molar refractivity (Wildman–Crippen MR) is 119 cm³/mol. The number of fused-ring (bicyclic) bond motifs is 1. The highest BCUT2D eigenvalue weighted by molar-refractivity contribution is 6.30. The maximum absolute atomic E-state index is 12.4. The zero-order chi connectivity index (χ0) is 20.8. The number of halogens is 1. The third-order valence-electron chi connectivity index (χ3n) is 5.46. The van der Waals surface area contributed by atoms with Gasteiger partial charge in [-0.25, -0.2) is 0 Å². The molecule has 0 bridgehead atoms. The van der Waals surface area contributed by atoms with E-state index in [0.29, 0.717) is 5.02 Å². The van der Waals surface area contributed by atoms with Crippen LogP contribution in [0.15, 0.2) is 54.6 Å². The number of amides is 1. The standard InChI is InChI=1S/C23H26ClN5O/c24-18-7-9-19(10-8-18)25-16-23(30)26-20-11-13-22-28-27-21(29(22)15-14-20)12-6-17-4-2-1-3-5-17/h1-5,7-10,20,25H,6,11-16H2,(H,26,30). The zero-order valence-corrected chi connectivity index (χ0v) is 17.6. The van der Waals surface area contributed by atoms with Crippen LogP contribution in [0.5, 0.6) is 0 Å². The lowest BCUT2D eigenvalue weighted by atomic mass is 10.1. The number of rotatable bonds is 7. The number of aryl methyl sites for hydroxylation is 3. The van der Waals surface area contributed by atoms with Gasteiger partial charge in [0.2, 0.25) is 5.91 Å². The van der Waals surface area contributed by atoms with Crippen LogP contribution in [-0.2, 0) is 30.6 Å². The highest BCUT2D eigenvalue weighted by Crippen LogP contribution is 2.17. The molecule has 1 aliphatic heterocycles. The number of anilines is 1. The molecular weight excluding hydrogens is 398 g/mol. The highest BCUT2D eigenvalue weighted by Gasteiger charge is 2.21. The van der Waals surface area contributed by atoms with Crippen molar-refractivity contribution in [1.29, 1.82) is 0 Å². The van der Waals surface area contributed by atoms with Gasteiger partial charge in [0, 0.05) is 36.1 Å². The second kappa shape index (κ2) is 9.76. The number of hydrogen-bond donors (Lipinski definition) is 2. The molecule has 0 saturated carbocycles. The summed E-state index contributed by atoms with van der Waals surface area (Å²) in [4.78, 5) is 12.4. The zero-order valence-electron chi connectivity index (χ0n) is 16.9.